The summed E-state index contributed by atoms with van der Waals surface area (Å²) in [4.78, 5) is 27.7. The van der Waals surface area contributed by atoms with Gasteiger partial charge in [-0.2, -0.15) is 0 Å². The largest absolute Gasteiger partial charge is 0.328 e. The van der Waals surface area contributed by atoms with E-state index in [1.54, 1.807) is 6.92 Å². The zero-order valence-corrected chi connectivity index (χ0v) is 15.1. The molecular formula is C19H14F5N3O2. The van der Waals surface area contributed by atoms with Crippen LogP contribution in [-0.4, -0.2) is 23.0 Å². The van der Waals surface area contributed by atoms with Crippen molar-refractivity contribution in [2.75, 3.05) is 12.4 Å². The number of halogens is 5. The van der Waals surface area contributed by atoms with Crippen molar-refractivity contribution in [3.63, 3.8) is 0 Å². The van der Waals surface area contributed by atoms with Crippen molar-refractivity contribution in [2.45, 2.75) is 13.0 Å². The monoisotopic (exact) mass is 411 g/mol. The van der Waals surface area contributed by atoms with Crippen LogP contribution in [0.5, 0.6) is 0 Å². The molecule has 0 bridgehead atoms. The Bertz CT molecular complexity index is 1160. The highest BCUT2D eigenvalue weighted by Gasteiger charge is 2.23. The van der Waals surface area contributed by atoms with Gasteiger partial charge in [-0.15, -0.1) is 0 Å². The van der Waals surface area contributed by atoms with Crippen molar-refractivity contribution in [3.05, 3.63) is 75.5 Å². The molecule has 0 aliphatic carbocycles. The lowest BCUT2D eigenvalue weighted by atomic mass is 10.0. The Hall–Kier alpha value is -3.43. The topological polar surface area (TPSA) is 65.2 Å². The van der Waals surface area contributed by atoms with Gasteiger partial charge in [0.25, 0.3) is 5.56 Å². The second kappa shape index (κ2) is 7.53. The number of anilines is 1. The molecule has 1 aromatic heterocycles. The molecular weight excluding hydrogens is 397 g/mol. The number of carbonyl (C=O) groups is 1. The predicted octanol–water partition coefficient (Wildman–Crippen LogP) is 4.45. The van der Waals surface area contributed by atoms with Crippen molar-refractivity contribution in [1.29, 1.82) is 0 Å². The Balaban J connectivity index is 1.93. The zero-order chi connectivity index (χ0) is 21.5. The maximum atomic E-state index is 14.1. The highest BCUT2D eigenvalue weighted by molar-refractivity contribution is 5.90. The average molecular weight is 411 g/mol. The Kier molecular flexibility index (Phi) is 5.27. The second-order valence-electron chi connectivity index (χ2n) is 6.33. The first kappa shape index (κ1) is 20.3. The molecule has 2 amide bonds. The fraction of sp³-hybridized carbons (Fsp3) is 0.158. The van der Waals surface area contributed by atoms with Gasteiger partial charge in [0, 0.05) is 31.1 Å². The number of H-pyrrole nitrogens is 1. The molecule has 0 unspecified atom stereocenters. The van der Waals surface area contributed by atoms with Gasteiger partial charge in [-0.25, -0.2) is 26.7 Å². The number of urea groups is 1. The van der Waals surface area contributed by atoms with Crippen molar-refractivity contribution >= 4 is 22.5 Å². The third kappa shape index (κ3) is 3.65. The molecule has 0 saturated heterocycles. The van der Waals surface area contributed by atoms with Crippen LogP contribution in [0.15, 0.2) is 35.3 Å². The summed E-state index contributed by atoms with van der Waals surface area (Å²) in [6.07, 6.45) is 1.26. The van der Waals surface area contributed by atoms with E-state index in [0.717, 1.165) is 11.0 Å². The van der Waals surface area contributed by atoms with Gasteiger partial charge in [0.15, 0.2) is 29.1 Å². The normalized spacial score (nSPS) is 12.1. The summed E-state index contributed by atoms with van der Waals surface area (Å²) in [5.74, 6) is -7.12. The quantitative estimate of drug-likeness (QED) is 0.494. The number of nitrogens with zero attached hydrogens (tertiary/aromatic N) is 1. The van der Waals surface area contributed by atoms with Gasteiger partial charge in [-0.3, -0.25) is 4.79 Å². The van der Waals surface area contributed by atoms with Gasteiger partial charge in [-0.1, -0.05) is 6.07 Å². The number of nitrogens with one attached hydrogen (secondary N) is 2. The van der Waals surface area contributed by atoms with Crippen LogP contribution in [0.1, 0.15) is 18.5 Å². The number of rotatable bonds is 3. The first-order valence-electron chi connectivity index (χ1n) is 8.29. The number of hydrogen-bond donors (Lipinski definition) is 2. The number of benzene rings is 2. The SMILES string of the molecule is C[C@H](c1c[nH]c(=O)c2c(F)c(F)ccc12)N(C)C(=O)Nc1cc(F)c(F)c(F)c1. The highest BCUT2D eigenvalue weighted by atomic mass is 19.2. The van der Waals surface area contributed by atoms with E-state index in [2.05, 4.69) is 10.3 Å². The summed E-state index contributed by atoms with van der Waals surface area (Å²) in [6, 6.07) is 1.72. The average Bonchev–Trinajstić information content (AvgIpc) is 2.67. The number of fused-ring (bicyclic) bond motifs is 1. The molecule has 0 aliphatic heterocycles. The molecule has 5 nitrogen and oxygen atoms in total. The Morgan fingerprint density at radius 3 is 2.28 bits per heavy atom. The van der Waals surface area contributed by atoms with E-state index in [4.69, 9.17) is 0 Å². The van der Waals surface area contributed by atoms with Crippen LogP contribution in [-0.2, 0) is 0 Å². The van der Waals surface area contributed by atoms with E-state index in [0.29, 0.717) is 17.7 Å². The van der Waals surface area contributed by atoms with E-state index in [1.807, 2.05) is 0 Å². The number of aromatic nitrogens is 1. The molecule has 152 valence electrons. The van der Waals surface area contributed by atoms with Crippen LogP contribution >= 0.6 is 0 Å². The van der Waals surface area contributed by atoms with E-state index in [9.17, 15) is 31.5 Å². The van der Waals surface area contributed by atoms with E-state index >= 15 is 0 Å². The van der Waals surface area contributed by atoms with Crippen LogP contribution in [0.25, 0.3) is 10.8 Å². The van der Waals surface area contributed by atoms with Gasteiger partial charge < -0.3 is 15.2 Å². The third-order valence-corrected chi connectivity index (χ3v) is 4.58. The summed E-state index contributed by atoms with van der Waals surface area (Å²) in [5.41, 5.74) is -0.852. The molecule has 0 spiro atoms. The number of hydrogen-bond acceptors (Lipinski definition) is 2. The van der Waals surface area contributed by atoms with Crippen LogP contribution in [0.3, 0.4) is 0 Å². The summed E-state index contributed by atoms with van der Waals surface area (Å²) in [7, 11) is 1.34. The van der Waals surface area contributed by atoms with E-state index < -0.39 is 52.1 Å². The Morgan fingerprint density at radius 1 is 1.03 bits per heavy atom. The fourth-order valence-electron chi connectivity index (χ4n) is 2.88. The lowest BCUT2D eigenvalue weighted by Gasteiger charge is -2.26. The third-order valence-electron chi connectivity index (χ3n) is 4.58. The molecule has 0 radical (unpaired) electrons. The fourth-order valence-corrected chi connectivity index (χ4v) is 2.88. The molecule has 3 aromatic rings. The summed E-state index contributed by atoms with van der Waals surface area (Å²) in [5, 5.41) is 1.82. The second-order valence-corrected chi connectivity index (χ2v) is 6.33. The number of pyridine rings is 1. The first-order chi connectivity index (χ1) is 13.6. The summed E-state index contributed by atoms with van der Waals surface area (Å²) in [6.45, 7) is 1.54. The van der Waals surface area contributed by atoms with Gasteiger partial charge in [0.05, 0.1) is 11.4 Å². The predicted molar refractivity (Wildman–Crippen MR) is 96.0 cm³/mol. The maximum Gasteiger partial charge on any atom is 0.322 e. The minimum absolute atomic E-state index is 0.0960. The minimum atomic E-state index is -1.67. The molecule has 0 fully saturated rings. The molecule has 3 rings (SSSR count). The van der Waals surface area contributed by atoms with Gasteiger partial charge >= 0.3 is 6.03 Å². The Labute approximate surface area is 160 Å². The summed E-state index contributed by atoms with van der Waals surface area (Å²) < 4.78 is 67.2. The van der Waals surface area contributed by atoms with Crippen LogP contribution < -0.4 is 10.9 Å². The standard InChI is InChI=1S/C19H14F5N3O2/c1-8(11-7-25-18(28)15-10(11)3-4-12(20)17(15)24)27(2)19(29)26-9-5-13(21)16(23)14(22)6-9/h3-8H,1-2H3,(H,25,28)(H,26,29)/t8-/m1/s1. The maximum absolute atomic E-state index is 14.1. The number of carbonyl (C=O) groups excluding carboxylic acids is 1. The molecule has 0 aliphatic rings. The van der Waals surface area contributed by atoms with E-state index in [1.165, 1.54) is 19.3 Å². The number of aromatic amines is 1. The van der Waals surface area contributed by atoms with Crippen LogP contribution in [0.2, 0.25) is 0 Å². The van der Waals surface area contributed by atoms with Crippen molar-refractivity contribution in [1.82, 2.24) is 9.88 Å². The first-order valence-corrected chi connectivity index (χ1v) is 8.29. The lowest BCUT2D eigenvalue weighted by molar-refractivity contribution is 0.208. The van der Waals surface area contributed by atoms with Crippen molar-refractivity contribution < 1.29 is 26.7 Å². The minimum Gasteiger partial charge on any atom is -0.328 e. The number of amides is 2. The van der Waals surface area contributed by atoms with Crippen LogP contribution in [0.4, 0.5) is 32.4 Å². The molecule has 1 heterocycles. The highest BCUT2D eigenvalue weighted by Crippen LogP contribution is 2.28. The van der Waals surface area contributed by atoms with Gasteiger partial charge in [0.1, 0.15) is 0 Å². The van der Waals surface area contributed by atoms with Crippen LogP contribution in [0, 0.1) is 29.1 Å². The van der Waals surface area contributed by atoms with Crippen molar-refractivity contribution in [3.8, 4) is 0 Å². The Morgan fingerprint density at radius 2 is 1.66 bits per heavy atom. The van der Waals surface area contributed by atoms with Gasteiger partial charge in [0.2, 0.25) is 0 Å². The lowest BCUT2D eigenvalue weighted by Crippen LogP contribution is -2.34. The van der Waals surface area contributed by atoms with Crippen molar-refractivity contribution in [2.24, 2.45) is 0 Å². The smallest absolute Gasteiger partial charge is 0.322 e. The molecule has 1 atom stereocenters. The summed E-state index contributed by atoms with van der Waals surface area (Å²) >= 11 is 0. The molecule has 2 aromatic carbocycles. The van der Waals surface area contributed by atoms with E-state index in [-0.39, 0.29) is 11.1 Å². The van der Waals surface area contributed by atoms with Gasteiger partial charge in [-0.05, 0) is 23.9 Å². The molecule has 0 saturated carbocycles. The molecule has 10 heteroatoms. The molecule has 2 N–H and O–H groups in total. The molecule has 29 heavy (non-hydrogen) atoms. The zero-order valence-electron chi connectivity index (χ0n) is 15.1.